The lowest BCUT2D eigenvalue weighted by molar-refractivity contribution is 0.244. The Kier molecular flexibility index (Phi) is 4.34. The van der Waals surface area contributed by atoms with Crippen LogP contribution in [0.2, 0.25) is 0 Å². The fraction of sp³-hybridized carbons (Fsp3) is 0.615. The van der Waals surface area contributed by atoms with E-state index in [1.807, 2.05) is 6.07 Å². The van der Waals surface area contributed by atoms with Crippen molar-refractivity contribution in [3.63, 3.8) is 0 Å². The quantitative estimate of drug-likeness (QED) is 0.821. The number of hydrogen-bond acceptors (Lipinski definition) is 4. The van der Waals surface area contributed by atoms with Gasteiger partial charge in [-0.3, -0.25) is 4.98 Å². The van der Waals surface area contributed by atoms with Gasteiger partial charge in [-0.05, 0) is 37.3 Å². The summed E-state index contributed by atoms with van der Waals surface area (Å²) in [6, 6.07) is 4.06. The molecular weight excluding hydrogens is 214 g/mol. The summed E-state index contributed by atoms with van der Waals surface area (Å²) in [7, 11) is 0. The Balaban J connectivity index is 2.10. The molecule has 0 radical (unpaired) electrons. The fourth-order valence-corrected chi connectivity index (χ4v) is 2.58. The van der Waals surface area contributed by atoms with Crippen LogP contribution in [0, 0.1) is 5.92 Å². The zero-order chi connectivity index (χ0) is 12.1. The van der Waals surface area contributed by atoms with E-state index in [2.05, 4.69) is 16.0 Å². The third kappa shape index (κ3) is 2.96. The van der Waals surface area contributed by atoms with Crippen LogP contribution < -0.4 is 10.6 Å². The minimum Gasteiger partial charge on any atom is -0.396 e. The van der Waals surface area contributed by atoms with Crippen molar-refractivity contribution in [3.8, 4) is 0 Å². The molecule has 0 amide bonds. The summed E-state index contributed by atoms with van der Waals surface area (Å²) >= 11 is 0. The van der Waals surface area contributed by atoms with Crippen molar-refractivity contribution in [2.24, 2.45) is 11.7 Å². The molecule has 1 aliphatic heterocycles. The summed E-state index contributed by atoms with van der Waals surface area (Å²) in [5.74, 6) is 0.597. The van der Waals surface area contributed by atoms with Crippen LogP contribution in [0.5, 0.6) is 0 Å². The van der Waals surface area contributed by atoms with E-state index >= 15 is 0 Å². The van der Waals surface area contributed by atoms with E-state index in [0.717, 1.165) is 30.9 Å². The summed E-state index contributed by atoms with van der Waals surface area (Å²) in [5.41, 5.74) is 7.86. The van der Waals surface area contributed by atoms with Crippen LogP contribution in [-0.4, -0.2) is 29.8 Å². The van der Waals surface area contributed by atoms with Gasteiger partial charge in [-0.1, -0.05) is 0 Å². The lowest BCUT2D eigenvalue weighted by Gasteiger charge is -2.35. The highest BCUT2D eigenvalue weighted by Gasteiger charge is 2.21. The molecule has 4 heteroatoms. The zero-order valence-electron chi connectivity index (χ0n) is 10.2. The highest BCUT2D eigenvalue weighted by atomic mass is 16.3. The zero-order valence-corrected chi connectivity index (χ0v) is 10.2. The first-order chi connectivity index (χ1) is 8.35. The second kappa shape index (κ2) is 5.98. The van der Waals surface area contributed by atoms with Crippen LogP contribution in [-0.2, 0) is 6.54 Å². The van der Waals surface area contributed by atoms with Gasteiger partial charge in [-0.2, -0.15) is 0 Å². The molecule has 1 aromatic heterocycles. The van der Waals surface area contributed by atoms with E-state index in [1.54, 1.807) is 6.20 Å². The summed E-state index contributed by atoms with van der Waals surface area (Å²) in [5, 5.41) is 9.03. The SMILES string of the molecule is NCc1ncccc1N1CCCC(CCO)C1. The lowest BCUT2D eigenvalue weighted by Crippen LogP contribution is -2.36. The predicted octanol–water partition coefficient (Wildman–Crippen LogP) is 1.14. The molecule has 0 saturated carbocycles. The van der Waals surface area contributed by atoms with Crippen LogP contribution in [0.15, 0.2) is 18.3 Å². The minimum absolute atomic E-state index is 0.287. The summed E-state index contributed by atoms with van der Waals surface area (Å²) in [6.07, 6.45) is 5.09. The van der Waals surface area contributed by atoms with Gasteiger partial charge in [0.2, 0.25) is 0 Å². The standard InChI is InChI=1S/C13H21N3O/c14-9-12-13(4-1-6-15-12)16-7-2-3-11(10-16)5-8-17/h1,4,6,11,17H,2-3,5,7-10,14H2. The third-order valence-corrected chi connectivity index (χ3v) is 3.46. The summed E-state index contributed by atoms with van der Waals surface area (Å²) in [6.45, 7) is 2.85. The van der Waals surface area contributed by atoms with Gasteiger partial charge in [0.05, 0.1) is 11.4 Å². The Morgan fingerprint density at radius 1 is 1.53 bits per heavy atom. The van der Waals surface area contributed by atoms with Crippen LogP contribution >= 0.6 is 0 Å². The number of nitrogens with zero attached hydrogens (tertiary/aromatic N) is 2. The van der Waals surface area contributed by atoms with Gasteiger partial charge in [-0.25, -0.2) is 0 Å². The van der Waals surface area contributed by atoms with Crippen molar-refractivity contribution in [2.45, 2.75) is 25.8 Å². The molecule has 0 spiro atoms. The molecule has 2 rings (SSSR count). The van der Waals surface area contributed by atoms with E-state index in [4.69, 9.17) is 10.8 Å². The first-order valence-corrected chi connectivity index (χ1v) is 6.35. The largest absolute Gasteiger partial charge is 0.396 e. The Morgan fingerprint density at radius 2 is 2.41 bits per heavy atom. The molecule has 17 heavy (non-hydrogen) atoms. The molecule has 3 N–H and O–H groups in total. The van der Waals surface area contributed by atoms with Gasteiger partial charge in [-0.15, -0.1) is 0 Å². The molecule has 4 nitrogen and oxygen atoms in total. The number of piperidine rings is 1. The fourth-order valence-electron chi connectivity index (χ4n) is 2.58. The summed E-state index contributed by atoms with van der Waals surface area (Å²) in [4.78, 5) is 6.69. The molecular formula is C13H21N3O. The number of rotatable bonds is 4. The van der Waals surface area contributed by atoms with Gasteiger partial charge in [0.1, 0.15) is 0 Å². The molecule has 94 valence electrons. The van der Waals surface area contributed by atoms with E-state index in [9.17, 15) is 0 Å². The number of pyridine rings is 1. The Labute approximate surface area is 102 Å². The van der Waals surface area contributed by atoms with Gasteiger partial charge in [0.15, 0.2) is 0 Å². The number of aliphatic hydroxyl groups is 1. The molecule has 0 bridgehead atoms. The normalized spacial score (nSPS) is 20.6. The molecule has 1 aliphatic rings. The van der Waals surface area contributed by atoms with E-state index in [0.29, 0.717) is 12.5 Å². The second-order valence-corrected chi connectivity index (χ2v) is 4.64. The average Bonchev–Trinajstić information content (AvgIpc) is 2.39. The van der Waals surface area contributed by atoms with Crippen LogP contribution in [0.3, 0.4) is 0 Å². The molecule has 1 saturated heterocycles. The molecule has 1 atom stereocenters. The lowest BCUT2D eigenvalue weighted by atomic mass is 9.94. The van der Waals surface area contributed by atoms with Crippen molar-refractivity contribution < 1.29 is 5.11 Å². The maximum Gasteiger partial charge on any atom is 0.0772 e. The van der Waals surface area contributed by atoms with Crippen molar-refractivity contribution >= 4 is 5.69 Å². The maximum atomic E-state index is 9.03. The Bertz CT molecular complexity index is 354. The van der Waals surface area contributed by atoms with Gasteiger partial charge in [0.25, 0.3) is 0 Å². The topological polar surface area (TPSA) is 62.4 Å². The average molecular weight is 235 g/mol. The number of aromatic nitrogens is 1. The summed E-state index contributed by atoms with van der Waals surface area (Å²) < 4.78 is 0. The number of hydrogen-bond donors (Lipinski definition) is 2. The second-order valence-electron chi connectivity index (χ2n) is 4.64. The molecule has 1 unspecified atom stereocenters. The number of nitrogens with two attached hydrogens (primary N) is 1. The number of anilines is 1. The first-order valence-electron chi connectivity index (χ1n) is 6.35. The maximum absolute atomic E-state index is 9.03. The van der Waals surface area contributed by atoms with Crippen molar-refractivity contribution in [3.05, 3.63) is 24.0 Å². The van der Waals surface area contributed by atoms with Crippen molar-refractivity contribution in [2.75, 3.05) is 24.6 Å². The highest BCUT2D eigenvalue weighted by molar-refractivity contribution is 5.50. The van der Waals surface area contributed by atoms with E-state index in [-0.39, 0.29) is 6.61 Å². The third-order valence-electron chi connectivity index (χ3n) is 3.46. The smallest absolute Gasteiger partial charge is 0.0772 e. The molecule has 1 fully saturated rings. The predicted molar refractivity (Wildman–Crippen MR) is 68.8 cm³/mol. The van der Waals surface area contributed by atoms with Crippen LogP contribution in [0.1, 0.15) is 25.0 Å². The van der Waals surface area contributed by atoms with Crippen molar-refractivity contribution in [1.82, 2.24) is 4.98 Å². The number of aliphatic hydroxyl groups excluding tert-OH is 1. The van der Waals surface area contributed by atoms with Crippen molar-refractivity contribution in [1.29, 1.82) is 0 Å². The highest BCUT2D eigenvalue weighted by Crippen LogP contribution is 2.26. The van der Waals surface area contributed by atoms with Crippen LogP contribution in [0.4, 0.5) is 5.69 Å². The molecule has 2 heterocycles. The van der Waals surface area contributed by atoms with E-state index < -0.39 is 0 Å². The van der Waals surface area contributed by atoms with Crippen LogP contribution in [0.25, 0.3) is 0 Å². The minimum atomic E-state index is 0.287. The monoisotopic (exact) mass is 235 g/mol. The van der Waals surface area contributed by atoms with Gasteiger partial charge < -0.3 is 15.7 Å². The van der Waals surface area contributed by atoms with Gasteiger partial charge >= 0.3 is 0 Å². The first kappa shape index (κ1) is 12.3. The Morgan fingerprint density at radius 3 is 3.18 bits per heavy atom. The Hall–Kier alpha value is -1.13. The molecule has 0 aromatic carbocycles. The molecule has 1 aromatic rings. The van der Waals surface area contributed by atoms with E-state index in [1.165, 1.54) is 12.8 Å². The molecule has 0 aliphatic carbocycles. The van der Waals surface area contributed by atoms with Gasteiger partial charge in [0, 0.05) is 32.4 Å².